The summed E-state index contributed by atoms with van der Waals surface area (Å²) in [4.78, 5) is 16.2. The van der Waals surface area contributed by atoms with Crippen LogP contribution in [0, 0.1) is 5.21 Å². The number of nitrogens with zero attached hydrogens (tertiary/aromatic N) is 6. The van der Waals surface area contributed by atoms with Crippen LogP contribution in [0.4, 0.5) is 13.2 Å². The Bertz CT molecular complexity index is 1650. The van der Waals surface area contributed by atoms with Crippen LogP contribution in [0.25, 0.3) is 33.2 Å². The van der Waals surface area contributed by atoms with Gasteiger partial charge in [-0.2, -0.15) is 22.6 Å². The minimum absolute atomic E-state index is 0.0257. The molecule has 1 atom stereocenters. The van der Waals surface area contributed by atoms with Crippen molar-refractivity contribution in [3.05, 3.63) is 94.7 Å². The third kappa shape index (κ3) is 4.21. The minimum Gasteiger partial charge on any atom is -0.619 e. The molecule has 5 aromatic rings. The molecule has 12 heteroatoms. The molecular formula is C23H14ClF3N6O2. The minimum atomic E-state index is -4.86. The lowest BCUT2D eigenvalue weighted by Crippen LogP contribution is -2.26. The highest BCUT2D eigenvalue weighted by Gasteiger charge is 2.43. The fraction of sp³-hybridized carbons (Fsp3) is 0.0870. The summed E-state index contributed by atoms with van der Waals surface area (Å²) in [5.41, 5.74) is -0.194. The Kier molecular flexibility index (Phi) is 5.48. The smallest absolute Gasteiger partial charge is 0.415 e. The molecule has 0 saturated carbocycles. The summed E-state index contributed by atoms with van der Waals surface area (Å²) in [6.45, 7) is 0. The molecule has 0 aliphatic rings. The molecule has 8 nitrogen and oxygen atoms in total. The monoisotopic (exact) mass is 498 g/mol. The Balaban J connectivity index is 1.85. The lowest BCUT2D eigenvalue weighted by molar-refractivity contribution is -0.604. The first-order chi connectivity index (χ1) is 16.7. The van der Waals surface area contributed by atoms with Gasteiger partial charge in [-0.15, -0.1) is 0 Å². The van der Waals surface area contributed by atoms with Gasteiger partial charge in [-0.05, 0) is 30.3 Å². The molecule has 4 aromatic heterocycles. The van der Waals surface area contributed by atoms with Crippen LogP contribution in [-0.2, 0) is 0 Å². The van der Waals surface area contributed by atoms with E-state index in [9.17, 15) is 23.6 Å². The lowest BCUT2D eigenvalue weighted by Gasteiger charge is -2.20. The van der Waals surface area contributed by atoms with Gasteiger partial charge in [0, 0.05) is 23.2 Å². The van der Waals surface area contributed by atoms with Crippen LogP contribution in [-0.4, -0.2) is 31.1 Å². The van der Waals surface area contributed by atoms with E-state index in [4.69, 9.17) is 11.6 Å². The van der Waals surface area contributed by atoms with E-state index in [0.29, 0.717) is 14.8 Å². The Morgan fingerprint density at radius 1 is 1.09 bits per heavy atom. The number of para-hydroxylation sites is 1. The SMILES string of the molecule is [O-][n+]1cccc(-c2nc3c(Cl)cccc3cc2[C@@H](N=c2ncn(O)c3cccnc23)C(F)(F)F)c1. The van der Waals surface area contributed by atoms with E-state index in [2.05, 4.69) is 19.9 Å². The summed E-state index contributed by atoms with van der Waals surface area (Å²) in [5, 5.41) is 22.5. The standard InChI is InChI=1S/C23H14ClF3N6O2/c24-16-6-1-4-13-10-15(18(30-19(13)16)14-5-3-9-32(34)11-14)21(23(25,26)27)31-22-20-17(7-2-8-28-20)33(35)12-29-22/h1-12,21,35H/t21-/m1/s1. The number of pyridine rings is 3. The molecule has 4 heterocycles. The van der Waals surface area contributed by atoms with Crippen molar-refractivity contribution in [2.24, 2.45) is 4.99 Å². The highest BCUT2D eigenvalue weighted by Crippen LogP contribution is 2.41. The van der Waals surface area contributed by atoms with Gasteiger partial charge in [-0.3, -0.25) is 4.98 Å². The van der Waals surface area contributed by atoms with E-state index in [-0.39, 0.29) is 43.9 Å². The third-order valence-corrected chi connectivity index (χ3v) is 5.57. The van der Waals surface area contributed by atoms with Gasteiger partial charge in [0.1, 0.15) is 17.4 Å². The Morgan fingerprint density at radius 2 is 1.91 bits per heavy atom. The van der Waals surface area contributed by atoms with Crippen molar-refractivity contribution in [2.75, 3.05) is 0 Å². The number of benzene rings is 1. The predicted octanol–water partition coefficient (Wildman–Crippen LogP) is 4.37. The first-order valence-electron chi connectivity index (χ1n) is 10.1. The van der Waals surface area contributed by atoms with Crippen molar-refractivity contribution in [1.82, 2.24) is 19.7 Å². The molecule has 0 bridgehead atoms. The van der Waals surface area contributed by atoms with Gasteiger partial charge in [0.2, 0.25) is 0 Å². The molecule has 5 rings (SSSR count). The molecule has 0 saturated heterocycles. The molecule has 0 aliphatic carbocycles. The maximum absolute atomic E-state index is 14.5. The first kappa shape index (κ1) is 22.5. The van der Waals surface area contributed by atoms with Crippen molar-refractivity contribution in [3.8, 4) is 11.3 Å². The van der Waals surface area contributed by atoms with Crippen molar-refractivity contribution < 1.29 is 23.1 Å². The molecule has 0 spiro atoms. The number of fused-ring (bicyclic) bond motifs is 2. The largest absolute Gasteiger partial charge is 0.619 e. The Morgan fingerprint density at radius 3 is 2.69 bits per heavy atom. The predicted molar refractivity (Wildman–Crippen MR) is 120 cm³/mol. The summed E-state index contributed by atoms with van der Waals surface area (Å²) >= 11 is 6.26. The first-order valence-corrected chi connectivity index (χ1v) is 10.5. The van der Waals surface area contributed by atoms with Crippen molar-refractivity contribution in [1.29, 1.82) is 0 Å². The highest BCUT2D eigenvalue weighted by molar-refractivity contribution is 6.35. The molecule has 0 aliphatic heterocycles. The Labute approximate surface area is 199 Å². The average Bonchev–Trinajstić information content (AvgIpc) is 2.83. The maximum Gasteiger partial charge on any atom is 0.415 e. The van der Waals surface area contributed by atoms with Crippen LogP contribution in [0.1, 0.15) is 11.6 Å². The lowest BCUT2D eigenvalue weighted by atomic mass is 9.98. The molecule has 1 N–H and O–H groups in total. The number of hydrogen-bond acceptors (Lipinski definition) is 6. The van der Waals surface area contributed by atoms with E-state index in [0.717, 1.165) is 12.5 Å². The fourth-order valence-electron chi connectivity index (χ4n) is 3.74. The molecule has 176 valence electrons. The number of hydrogen-bond donors (Lipinski definition) is 1. The highest BCUT2D eigenvalue weighted by atomic mass is 35.5. The van der Waals surface area contributed by atoms with Crippen molar-refractivity contribution >= 4 is 33.5 Å². The van der Waals surface area contributed by atoms with Crippen LogP contribution in [0.2, 0.25) is 5.02 Å². The number of rotatable bonds is 3. The van der Waals surface area contributed by atoms with Crippen LogP contribution in [0.3, 0.4) is 0 Å². The molecular weight excluding hydrogens is 485 g/mol. The fourth-order valence-corrected chi connectivity index (χ4v) is 3.96. The summed E-state index contributed by atoms with van der Waals surface area (Å²) in [6.07, 6.45) is -0.244. The normalized spacial score (nSPS) is 13.4. The zero-order chi connectivity index (χ0) is 24.7. The number of aromatic nitrogens is 5. The van der Waals surface area contributed by atoms with Gasteiger partial charge in [0.05, 0.1) is 21.8 Å². The summed E-state index contributed by atoms with van der Waals surface area (Å²) in [5.74, 6) is 0. The van der Waals surface area contributed by atoms with Gasteiger partial charge in [-0.25, -0.2) is 15.0 Å². The molecule has 35 heavy (non-hydrogen) atoms. The van der Waals surface area contributed by atoms with E-state index in [1.54, 1.807) is 18.2 Å². The van der Waals surface area contributed by atoms with E-state index in [1.165, 1.54) is 42.7 Å². The second kappa shape index (κ2) is 8.51. The van der Waals surface area contributed by atoms with Crippen LogP contribution in [0.5, 0.6) is 0 Å². The van der Waals surface area contributed by atoms with Crippen molar-refractivity contribution in [3.63, 3.8) is 0 Å². The zero-order valence-corrected chi connectivity index (χ0v) is 18.3. The van der Waals surface area contributed by atoms with E-state index < -0.39 is 12.2 Å². The molecule has 0 amide bonds. The second-order valence-electron chi connectivity index (χ2n) is 7.55. The average molecular weight is 499 g/mol. The van der Waals surface area contributed by atoms with Crippen LogP contribution < -0.4 is 10.2 Å². The topological polar surface area (TPSA) is 103 Å². The quantitative estimate of drug-likeness (QED) is 0.226. The van der Waals surface area contributed by atoms with Crippen LogP contribution in [0.15, 0.2) is 78.4 Å². The Hall–Kier alpha value is -4.25. The van der Waals surface area contributed by atoms with Gasteiger partial charge in [0.25, 0.3) is 0 Å². The zero-order valence-electron chi connectivity index (χ0n) is 17.6. The summed E-state index contributed by atoms with van der Waals surface area (Å²) < 4.78 is 44.6. The van der Waals surface area contributed by atoms with Crippen LogP contribution >= 0.6 is 11.6 Å². The molecule has 0 unspecified atom stereocenters. The van der Waals surface area contributed by atoms with E-state index in [1.807, 2.05) is 0 Å². The van der Waals surface area contributed by atoms with Gasteiger partial charge >= 0.3 is 6.18 Å². The summed E-state index contributed by atoms with van der Waals surface area (Å²) in [6, 6.07) is 9.50. The second-order valence-corrected chi connectivity index (χ2v) is 7.95. The van der Waals surface area contributed by atoms with Gasteiger partial charge in [0.15, 0.2) is 23.9 Å². The maximum atomic E-state index is 14.5. The third-order valence-electron chi connectivity index (χ3n) is 5.27. The summed E-state index contributed by atoms with van der Waals surface area (Å²) in [7, 11) is 0. The number of halogens is 4. The molecule has 1 aromatic carbocycles. The molecule has 0 radical (unpaired) electrons. The molecule has 0 fully saturated rings. The van der Waals surface area contributed by atoms with Gasteiger partial charge in [-0.1, -0.05) is 23.7 Å². The van der Waals surface area contributed by atoms with Gasteiger partial charge < -0.3 is 10.4 Å². The van der Waals surface area contributed by atoms with Crippen molar-refractivity contribution in [2.45, 2.75) is 12.2 Å². The number of alkyl halides is 3. The van der Waals surface area contributed by atoms with E-state index >= 15 is 0 Å².